The van der Waals surface area contributed by atoms with Crippen molar-refractivity contribution in [3.63, 3.8) is 0 Å². The Bertz CT molecular complexity index is 1660. The highest BCUT2D eigenvalue weighted by molar-refractivity contribution is 8.18. The fourth-order valence-electron chi connectivity index (χ4n) is 5.00. The molecule has 0 radical (unpaired) electrons. The molecule has 8 nitrogen and oxygen atoms in total. The minimum Gasteiger partial charge on any atom is -0.488 e. The van der Waals surface area contributed by atoms with Crippen molar-refractivity contribution >= 4 is 57.0 Å². The number of anilines is 2. The third-order valence-corrected chi connectivity index (χ3v) is 8.08. The van der Waals surface area contributed by atoms with Crippen LogP contribution in [0.25, 0.3) is 16.8 Å². The van der Waals surface area contributed by atoms with E-state index in [1.54, 1.807) is 6.08 Å². The van der Waals surface area contributed by atoms with E-state index in [0.29, 0.717) is 36.8 Å². The molecule has 212 valence electrons. The predicted molar refractivity (Wildman–Crippen MR) is 166 cm³/mol. The topological polar surface area (TPSA) is 88.2 Å². The van der Waals surface area contributed by atoms with Crippen molar-refractivity contribution in [2.24, 2.45) is 0 Å². The highest BCUT2D eigenvalue weighted by atomic mass is 32.2. The van der Waals surface area contributed by atoms with E-state index < -0.39 is 17.1 Å². The summed E-state index contributed by atoms with van der Waals surface area (Å²) in [7, 11) is 0. The quantitative estimate of drug-likeness (QED) is 0.259. The third kappa shape index (κ3) is 6.17. The molecule has 0 aromatic heterocycles. The zero-order valence-corrected chi connectivity index (χ0v) is 23.6. The number of ether oxygens (including phenoxy) is 2. The number of fused-ring (bicyclic) bond motifs is 1. The molecule has 2 aliphatic heterocycles. The van der Waals surface area contributed by atoms with Crippen LogP contribution in [0.2, 0.25) is 0 Å². The predicted octanol–water partition coefficient (Wildman–Crippen LogP) is 5.93. The van der Waals surface area contributed by atoms with Gasteiger partial charge in [0, 0.05) is 30.0 Å². The molecule has 9 heteroatoms. The lowest BCUT2D eigenvalue weighted by Crippen LogP contribution is -2.36. The lowest BCUT2D eigenvalue weighted by Gasteiger charge is -2.28. The van der Waals surface area contributed by atoms with Crippen LogP contribution in [-0.4, -0.2) is 54.8 Å². The maximum Gasteiger partial charge on any atom is 0.294 e. The van der Waals surface area contributed by atoms with E-state index in [9.17, 15) is 14.4 Å². The second-order valence-electron chi connectivity index (χ2n) is 9.93. The van der Waals surface area contributed by atoms with Crippen LogP contribution in [0.3, 0.4) is 0 Å². The maximum atomic E-state index is 13.1. The molecule has 42 heavy (non-hydrogen) atoms. The Morgan fingerprint density at radius 2 is 1.64 bits per heavy atom. The van der Waals surface area contributed by atoms with Crippen LogP contribution in [0.5, 0.6) is 5.75 Å². The minimum atomic E-state index is -0.508. The van der Waals surface area contributed by atoms with Crippen LogP contribution in [0, 0.1) is 0 Å². The highest BCUT2D eigenvalue weighted by Crippen LogP contribution is 2.34. The van der Waals surface area contributed by atoms with Gasteiger partial charge in [-0.3, -0.25) is 19.3 Å². The molecule has 0 saturated carbocycles. The smallest absolute Gasteiger partial charge is 0.294 e. The molecule has 2 heterocycles. The fourth-order valence-corrected chi connectivity index (χ4v) is 5.83. The molecule has 3 amide bonds. The van der Waals surface area contributed by atoms with Crippen molar-refractivity contribution in [2.45, 2.75) is 6.61 Å². The highest BCUT2D eigenvalue weighted by Gasteiger charge is 2.36. The molecule has 2 aliphatic rings. The van der Waals surface area contributed by atoms with E-state index in [1.165, 1.54) is 0 Å². The Morgan fingerprint density at radius 1 is 0.905 bits per heavy atom. The Labute approximate surface area is 247 Å². The second kappa shape index (κ2) is 12.5. The summed E-state index contributed by atoms with van der Waals surface area (Å²) in [6.45, 7) is 3.00. The molecule has 0 atom stereocenters. The number of imide groups is 1. The van der Waals surface area contributed by atoms with Crippen LogP contribution < -0.4 is 15.0 Å². The molecule has 0 unspecified atom stereocenters. The largest absolute Gasteiger partial charge is 0.488 e. The number of rotatable bonds is 8. The van der Waals surface area contributed by atoms with Crippen molar-refractivity contribution in [3.8, 4) is 5.75 Å². The van der Waals surface area contributed by atoms with E-state index in [2.05, 4.69) is 28.4 Å². The zero-order valence-electron chi connectivity index (χ0n) is 22.8. The van der Waals surface area contributed by atoms with Gasteiger partial charge in [0.2, 0.25) is 5.91 Å². The number of thioether (sulfide) groups is 1. The van der Waals surface area contributed by atoms with Gasteiger partial charge in [-0.05, 0) is 64.5 Å². The maximum absolute atomic E-state index is 13.1. The fraction of sp³-hybridized carbons (Fsp3) is 0.182. The molecule has 1 N–H and O–H groups in total. The van der Waals surface area contributed by atoms with Gasteiger partial charge in [0.25, 0.3) is 11.1 Å². The number of morpholine rings is 1. The van der Waals surface area contributed by atoms with Gasteiger partial charge < -0.3 is 19.7 Å². The summed E-state index contributed by atoms with van der Waals surface area (Å²) in [6.07, 6.45) is 1.64. The van der Waals surface area contributed by atoms with Crippen molar-refractivity contribution in [1.82, 2.24) is 4.90 Å². The van der Waals surface area contributed by atoms with Crippen LogP contribution >= 0.6 is 11.8 Å². The molecule has 0 spiro atoms. The van der Waals surface area contributed by atoms with Crippen LogP contribution in [0.15, 0.2) is 95.9 Å². The molecule has 0 bridgehead atoms. The van der Waals surface area contributed by atoms with E-state index >= 15 is 0 Å². The van der Waals surface area contributed by atoms with Crippen LogP contribution in [0.4, 0.5) is 16.2 Å². The molecular weight excluding hydrogens is 550 g/mol. The summed E-state index contributed by atoms with van der Waals surface area (Å²) in [6, 6.07) is 29.1. The van der Waals surface area contributed by atoms with Crippen LogP contribution in [-0.2, 0) is 20.9 Å². The zero-order chi connectivity index (χ0) is 28.9. The number of hydrogen-bond donors (Lipinski definition) is 1. The lowest BCUT2D eigenvalue weighted by atomic mass is 10.1. The van der Waals surface area contributed by atoms with E-state index in [1.807, 2.05) is 72.8 Å². The monoisotopic (exact) mass is 579 g/mol. The Morgan fingerprint density at radius 3 is 2.48 bits per heavy atom. The first-order valence-corrected chi connectivity index (χ1v) is 14.5. The summed E-state index contributed by atoms with van der Waals surface area (Å²) in [4.78, 5) is 42.0. The van der Waals surface area contributed by atoms with Gasteiger partial charge in [-0.2, -0.15) is 0 Å². The van der Waals surface area contributed by atoms with Crippen molar-refractivity contribution < 1.29 is 23.9 Å². The molecule has 2 fully saturated rings. The number of benzene rings is 4. The third-order valence-electron chi connectivity index (χ3n) is 7.17. The molecule has 4 aromatic rings. The van der Waals surface area contributed by atoms with Gasteiger partial charge in [0.15, 0.2) is 0 Å². The first-order valence-electron chi connectivity index (χ1n) is 13.7. The minimum absolute atomic E-state index is 0.240. The Kier molecular flexibility index (Phi) is 8.21. The van der Waals surface area contributed by atoms with Crippen molar-refractivity contribution in [2.75, 3.05) is 43.1 Å². The molecule has 6 rings (SSSR count). The van der Waals surface area contributed by atoms with E-state index in [0.717, 1.165) is 51.8 Å². The summed E-state index contributed by atoms with van der Waals surface area (Å²) in [5.74, 6) is -0.362. The van der Waals surface area contributed by atoms with Gasteiger partial charge in [0.05, 0.1) is 18.1 Å². The normalized spacial score (nSPS) is 16.3. The van der Waals surface area contributed by atoms with Crippen molar-refractivity contribution in [3.05, 3.63) is 107 Å². The summed E-state index contributed by atoms with van der Waals surface area (Å²) < 4.78 is 11.6. The van der Waals surface area contributed by atoms with Gasteiger partial charge in [-0.15, -0.1) is 0 Å². The van der Waals surface area contributed by atoms with Gasteiger partial charge >= 0.3 is 0 Å². The van der Waals surface area contributed by atoms with Gasteiger partial charge in [-0.1, -0.05) is 60.7 Å². The van der Waals surface area contributed by atoms with Crippen molar-refractivity contribution in [1.29, 1.82) is 0 Å². The number of amides is 3. The number of hydrogen-bond acceptors (Lipinski definition) is 7. The summed E-state index contributed by atoms with van der Waals surface area (Å²) >= 11 is 0.815. The summed E-state index contributed by atoms with van der Waals surface area (Å²) in [5.41, 5.74) is 3.36. The van der Waals surface area contributed by atoms with E-state index in [-0.39, 0.29) is 11.4 Å². The molecular formula is C33H29N3O5S. The molecule has 4 aromatic carbocycles. The number of carbonyl (C=O) groups is 3. The summed E-state index contributed by atoms with van der Waals surface area (Å²) in [5, 5.41) is 4.54. The SMILES string of the molecule is O=C(CN1C(=O)S/C(=C\c2ccccc2OCc2cccc3ccccc23)C1=O)Nc1ccc(N2CCOCC2)cc1. The average molecular weight is 580 g/mol. The van der Waals surface area contributed by atoms with Gasteiger partial charge in [-0.25, -0.2) is 0 Å². The second-order valence-corrected chi connectivity index (χ2v) is 10.9. The standard InChI is InChI=1S/C33H29N3O5S/c37-31(34-26-12-14-27(15-13-26)35-16-18-40-19-17-35)21-36-32(38)30(42-33(36)39)20-24-7-2-4-11-29(24)41-22-25-9-5-8-23-6-1-3-10-28(23)25/h1-15,20H,16-19,21-22H2,(H,34,37)/b30-20-. The van der Waals surface area contributed by atoms with E-state index in [4.69, 9.17) is 9.47 Å². The molecule has 0 aliphatic carbocycles. The lowest BCUT2D eigenvalue weighted by molar-refractivity contribution is -0.127. The number of nitrogens with one attached hydrogen (secondary N) is 1. The first kappa shape index (κ1) is 27.6. The number of para-hydroxylation sites is 1. The Balaban J connectivity index is 1.10. The first-order chi connectivity index (χ1) is 20.5. The van der Waals surface area contributed by atoms with Gasteiger partial charge in [0.1, 0.15) is 18.9 Å². The number of nitrogens with zero attached hydrogens (tertiary/aromatic N) is 2. The average Bonchev–Trinajstić information content (AvgIpc) is 3.28. The van der Waals surface area contributed by atoms with Crippen LogP contribution in [0.1, 0.15) is 11.1 Å². The molecule has 2 saturated heterocycles. The number of carbonyl (C=O) groups excluding carboxylic acids is 3. The Hall–Kier alpha value is -4.60.